The Labute approximate surface area is 114 Å². The molecule has 19 heavy (non-hydrogen) atoms. The molecule has 1 aromatic carbocycles. The number of carbonyl (C=O) groups is 1. The standard InChI is InChI=1S/C14H23N3O2/c15-9-1-2-10-17-12-5-7-13(8-6-12)19-11-3-4-14(16)18/h5-8,17H,1-4,9-11,15H2,(H2,16,18). The molecule has 1 rings (SSSR count). The number of hydrogen-bond donors (Lipinski definition) is 3. The monoisotopic (exact) mass is 265 g/mol. The number of unbranched alkanes of at least 4 members (excludes halogenated alkanes) is 1. The van der Waals surface area contributed by atoms with Gasteiger partial charge in [-0.15, -0.1) is 0 Å². The van der Waals surface area contributed by atoms with E-state index in [-0.39, 0.29) is 5.91 Å². The number of benzene rings is 1. The molecule has 0 aromatic heterocycles. The molecule has 5 nitrogen and oxygen atoms in total. The number of hydrogen-bond acceptors (Lipinski definition) is 4. The molecule has 106 valence electrons. The van der Waals surface area contributed by atoms with Crippen molar-refractivity contribution in [3.8, 4) is 5.75 Å². The first-order valence-electron chi connectivity index (χ1n) is 6.67. The molecule has 1 aromatic rings. The van der Waals surface area contributed by atoms with Crippen LogP contribution in [0.4, 0.5) is 5.69 Å². The van der Waals surface area contributed by atoms with Gasteiger partial charge in [-0.05, 0) is 50.1 Å². The highest BCUT2D eigenvalue weighted by molar-refractivity contribution is 5.73. The molecule has 0 aliphatic heterocycles. The first-order chi connectivity index (χ1) is 9.22. The number of nitrogens with one attached hydrogen (secondary N) is 1. The number of nitrogens with two attached hydrogens (primary N) is 2. The van der Waals surface area contributed by atoms with Crippen molar-refractivity contribution >= 4 is 11.6 Å². The predicted molar refractivity (Wildman–Crippen MR) is 77.1 cm³/mol. The van der Waals surface area contributed by atoms with Crippen LogP contribution in [-0.4, -0.2) is 25.6 Å². The maximum atomic E-state index is 10.6. The molecule has 0 aliphatic carbocycles. The molecule has 0 spiro atoms. The molecule has 5 N–H and O–H groups in total. The summed E-state index contributed by atoms with van der Waals surface area (Å²) in [6, 6.07) is 7.78. The third kappa shape index (κ3) is 7.31. The van der Waals surface area contributed by atoms with E-state index in [1.807, 2.05) is 24.3 Å². The minimum Gasteiger partial charge on any atom is -0.494 e. The topological polar surface area (TPSA) is 90.4 Å². The summed E-state index contributed by atoms with van der Waals surface area (Å²) < 4.78 is 5.50. The van der Waals surface area contributed by atoms with E-state index in [1.54, 1.807) is 0 Å². The third-order valence-corrected chi connectivity index (χ3v) is 2.65. The summed E-state index contributed by atoms with van der Waals surface area (Å²) >= 11 is 0. The van der Waals surface area contributed by atoms with Crippen molar-refractivity contribution < 1.29 is 9.53 Å². The zero-order valence-electron chi connectivity index (χ0n) is 11.2. The third-order valence-electron chi connectivity index (χ3n) is 2.65. The van der Waals surface area contributed by atoms with Crippen molar-refractivity contribution in [1.29, 1.82) is 0 Å². The van der Waals surface area contributed by atoms with Gasteiger partial charge in [-0.2, -0.15) is 0 Å². The van der Waals surface area contributed by atoms with Gasteiger partial charge in [0.15, 0.2) is 0 Å². The molecule has 1 amide bonds. The lowest BCUT2D eigenvalue weighted by atomic mass is 10.2. The lowest BCUT2D eigenvalue weighted by Gasteiger charge is -2.08. The molecule has 0 aliphatic rings. The second kappa shape index (κ2) is 9.22. The molecular weight excluding hydrogens is 242 g/mol. The molecule has 0 saturated carbocycles. The number of rotatable bonds is 10. The lowest BCUT2D eigenvalue weighted by molar-refractivity contribution is -0.118. The average molecular weight is 265 g/mol. The van der Waals surface area contributed by atoms with Crippen molar-refractivity contribution in [1.82, 2.24) is 0 Å². The zero-order valence-corrected chi connectivity index (χ0v) is 11.2. The van der Waals surface area contributed by atoms with Crippen LogP contribution in [-0.2, 0) is 4.79 Å². The quantitative estimate of drug-likeness (QED) is 0.559. The SMILES string of the molecule is NCCCCNc1ccc(OCCCC(N)=O)cc1. The van der Waals surface area contributed by atoms with Crippen molar-refractivity contribution in [3.63, 3.8) is 0 Å². The van der Waals surface area contributed by atoms with Crippen LogP contribution < -0.4 is 21.5 Å². The van der Waals surface area contributed by atoms with Crippen LogP contribution in [0.1, 0.15) is 25.7 Å². The number of anilines is 1. The van der Waals surface area contributed by atoms with E-state index in [4.69, 9.17) is 16.2 Å². The molecular formula is C14H23N3O2. The van der Waals surface area contributed by atoms with Gasteiger partial charge in [0.2, 0.25) is 5.91 Å². The number of amides is 1. The van der Waals surface area contributed by atoms with Gasteiger partial charge >= 0.3 is 0 Å². The van der Waals surface area contributed by atoms with E-state index in [0.717, 1.165) is 37.4 Å². The van der Waals surface area contributed by atoms with Gasteiger partial charge in [0.1, 0.15) is 5.75 Å². The summed E-state index contributed by atoms with van der Waals surface area (Å²) in [5.74, 6) is 0.512. The predicted octanol–water partition coefficient (Wildman–Crippen LogP) is 1.48. The highest BCUT2D eigenvalue weighted by Crippen LogP contribution is 2.16. The highest BCUT2D eigenvalue weighted by Gasteiger charge is 1.97. The van der Waals surface area contributed by atoms with Gasteiger partial charge in [0.05, 0.1) is 6.61 Å². The van der Waals surface area contributed by atoms with E-state index in [2.05, 4.69) is 5.32 Å². The van der Waals surface area contributed by atoms with Gasteiger partial charge in [-0.25, -0.2) is 0 Å². The molecule has 0 heterocycles. The Morgan fingerprint density at radius 1 is 1.16 bits per heavy atom. The summed E-state index contributed by atoms with van der Waals surface area (Å²) in [6.45, 7) is 2.17. The van der Waals surface area contributed by atoms with Crippen LogP contribution >= 0.6 is 0 Å². The van der Waals surface area contributed by atoms with Gasteiger partial charge in [0.25, 0.3) is 0 Å². The first kappa shape index (κ1) is 15.3. The van der Waals surface area contributed by atoms with Gasteiger partial charge < -0.3 is 21.5 Å². The Hall–Kier alpha value is -1.75. The lowest BCUT2D eigenvalue weighted by Crippen LogP contribution is -2.11. The Morgan fingerprint density at radius 2 is 1.89 bits per heavy atom. The van der Waals surface area contributed by atoms with Crippen LogP contribution in [0.15, 0.2) is 24.3 Å². The molecule has 0 atom stereocenters. The minimum atomic E-state index is -0.291. The summed E-state index contributed by atoms with van der Waals surface area (Å²) in [6.07, 6.45) is 3.12. The molecule has 5 heteroatoms. The van der Waals surface area contributed by atoms with Crippen LogP contribution in [0, 0.1) is 0 Å². The van der Waals surface area contributed by atoms with E-state index >= 15 is 0 Å². The average Bonchev–Trinajstić information content (AvgIpc) is 2.41. The molecule has 0 unspecified atom stereocenters. The fourth-order valence-corrected chi connectivity index (χ4v) is 1.61. The van der Waals surface area contributed by atoms with E-state index in [0.29, 0.717) is 19.4 Å². The summed E-state index contributed by atoms with van der Waals surface area (Å²) in [4.78, 5) is 10.6. The summed E-state index contributed by atoms with van der Waals surface area (Å²) in [7, 11) is 0. The van der Waals surface area contributed by atoms with Gasteiger partial charge in [-0.1, -0.05) is 0 Å². The summed E-state index contributed by atoms with van der Waals surface area (Å²) in [5, 5.41) is 3.32. The van der Waals surface area contributed by atoms with Crippen molar-refractivity contribution in [2.75, 3.05) is 25.0 Å². The fourth-order valence-electron chi connectivity index (χ4n) is 1.61. The van der Waals surface area contributed by atoms with Crippen LogP contribution in [0.2, 0.25) is 0 Å². The summed E-state index contributed by atoms with van der Waals surface area (Å²) in [5.41, 5.74) is 11.6. The van der Waals surface area contributed by atoms with E-state index < -0.39 is 0 Å². The van der Waals surface area contributed by atoms with Crippen molar-refractivity contribution in [2.24, 2.45) is 11.5 Å². The van der Waals surface area contributed by atoms with Gasteiger partial charge in [-0.3, -0.25) is 4.79 Å². The molecule has 0 fully saturated rings. The number of carbonyl (C=O) groups excluding carboxylic acids is 1. The smallest absolute Gasteiger partial charge is 0.217 e. The highest BCUT2D eigenvalue weighted by atomic mass is 16.5. The van der Waals surface area contributed by atoms with Crippen LogP contribution in [0.25, 0.3) is 0 Å². The van der Waals surface area contributed by atoms with Crippen molar-refractivity contribution in [3.05, 3.63) is 24.3 Å². The minimum absolute atomic E-state index is 0.291. The van der Waals surface area contributed by atoms with E-state index in [1.165, 1.54) is 0 Å². The molecule has 0 radical (unpaired) electrons. The van der Waals surface area contributed by atoms with Crippen molar-refractivity contribution in [2.45, 2.75) is 25.7 Å². The maximum absolute atomic E-state index is 10.6. The Kier molecular flexibility index (Phi) is 7.43. The Morgan fingerprint density at radius 3 is 2.53 bits per heavy atom. The normalized spacial score (nSPS) is 10.2. The number of ether oxygens (including phenoxy) is 1. The Balaban J connectivity index is 2.21. The van der Waals surface area contributed by atoms with Gasteiger partial charge in [0, 0.05) is 18.7 Å². The first-order valence-corrected chi connectivity index (χ1v) is 6.67. The molecule has 0 saturated heterocycles. The largest absolute Gasteiger partial charge is 0.494 e. The Bertz CT molecular complexity index is 365. The zero-order chi connectivity index (χ0) is 13.9. The maximum Gasteiger partial charge on any atom is 0.217 e. The second-order valence-corrected chi connectivity index (χ2v) is 4.37. The van der Waals surface area contributed by atoms with Crippen LogP contribution in [0.3, 0.4) is 0 Å². The van der Waals surface area contributed by atoms with Crippen LogP contribution in [0.5, 0.6) is 5.75 Å². The second-order valence-electron chi connectivity index (χ2n) is 4.37. The van der Waals surface area contributed by atoms with E-state index in [9.17, 15) is 4.79 Å². The number of primary amides is 1. The fraction of sp³-hybridized carbons (Fsp3) is 0.500. The molecule has 0 bridgehead atoms.